The van der Waals surface area contributed by atoms with Gasteiger partial charge in [0.2, 0.25) is 0 Å². The highest BCUT2D eigenvalue weighted by atomic mass is 15.5. The zero-order valence-corrected chi connectivity index (χ0v) is 9.07. The number of hydrazine groups is 1. The third kappa shape index (κ3) is 2.85. The number of hydrogen-bond donors (Lipinski definition) is 2. The average Bonchev–Trinajstić information content (AvgIpc) is 2.01. The van der Waals surface area contributed by atoms with Crippen LogP contribution >= 0.6 is 0 Å². The van der Waals surface area contributed by atoms with Gasteiger partial charge in [-0.15, -0.1) is 0 Å². The van der Waals surface area contributed by atoms with Gasteiger partial charge in [0.1, 0.15) is 17.5 Å². The molecule has 3 N–H and O–H groups in total. The molecule has 0 spiro atoms. The van der Waals surface area contributed by atoms with E-state index in [4.69, 9.17) is 5.73 Å². The molecule has 14 heavy (non-hydrogen) atoms. The molecule has 0 saturated carbocycles. The quantitative estimate of drug-likeness (QED) is 0.706. The number of nitrogens with two attached hydrogens (primary N) is 1. The van der Waals surface area contributed by atoms with E-state index in [1.54, 1.807) is 6.07 Å². The fourth-order valence-corrected chi connectivity index (χ4v) is 1.03. The Morgan fingerprint density at radius 3 is 2.50 bits per heavy atom. The zero-order chi connectivity index (χ0) is 10.7. The monoisotopic (exact) mass is 195 g/mol. The molecule has 78 valence electrons. The molecule has 0 aliphatic heterocycles. The summed E-state index contributed by atoms with van der Waals surface area (Å²) in [6.07, 6.45) is 0. The smallest absolute Gasteiger partial charge is 0.146 e. The molecule has 1 aromatic heterocycles. The Kier molecular flexibility index (Phi) is 3.24. The highest BCUT2D eigenvalue weighted by molar-refractivity contribution is 5.44. The highest BCUT2D eigenvalue weighted by Gasteiger charge is 2.06. The lowest BCUT2D eigenvalue weighted by atomic mass is 10.2. The molecule has 0 fully saturated rings. The molecule has 0 aliphatic rings. The van der Waals surface area contributed by atoms with Crippen LogP contribution in [0.5, 0.6) is 0 Å². The first-order valence-electron chi connectivity index (χ1n) is 4.57. The van der Waals surface area contributed by atoms with Crippen molar-refractivity contribution in [3.05, 3.63) is 11.9 Å². The van der Waals surface area contributed by atoms with Crippen molar-refractivity contribution in [3.63, 3.8) is 0 Å². The second-order valence-electron chi connectivity index (χ2n) is 3.70. The summed E-state index contributed by atoms with van der Waals surface area (Å²) in [6.45, 7) is 4.07. The number of rotatable bonds is 3. The third-order valence-corrected chi connectivity index (χ3v) is 1.62. The Morgan fingerprint density at radius 2 is 2.00 bits per heavy atom. The van der Waals surface area contributed by atoms with Crippen LogP contribution in [0.2, 0.25) is 0 Å². The van der Waals surface area contributed by atoms with Gasteiger partial charge in [0.15, 0.2) is 0 Å². The van der Waals surface area contributed by atoms with Crippen molar-refractivity contribution in [1.82, 2.24) is 15.0 Å². The van der Waals surface area contributed by atoms with Crippen molar-refractivity contribution in [1.29, 1.82) is 0 Å². The normalized spacial score (nSPS) is 11.0. The number of hydrogen-bond acceptors (Lipinski definition) is 5. The van der Waals surface area contributed by atoms with Crippen LogP contribution in [0.15, 0.2) is 6.07 Å². The number of aromatic nitrogens is 2. The third-order valence-electron chi connectivity index (χ3n) is 1.62. The van der Waals surface area contributed by atoms with Gasteiger partial charge in [-0.2, -0.15) is 0 Å². The van der Waals surface area contributed by atoms with Crippen molar-refractivity contribution in [2.45, 2.75) is 19.8 Å². The minimum atomic E-state index is 0.279. The summed E-state index contributed by atoms with van der Waals surface area (Å²) in [5.74, 6) is 2.26. The summed E-state index contributed by atoms with van der Waals surface area (Å²) in [5.41, 5.74) is 8.71. The maximum Gasteiger partial charge on any atom is 0.146 e. The van der Waals surface area contributed by atoms with Crippen LogP contribution in [0, 0.1) is 0 Å². The second-order valence-corrected chi connectivity index (χ2v) is 3.70. The summed E-state index contributed by atoms with van der Waals surface area (Å²) >= 11 is 0. The van der Waals surface area contributed by atoms with Crippen LogP contribution in [0.4, 0.5) is 11.6 Å². The van der Waals surface area contributed by atoms with Crippen LogP contribution in [-0.2, 0) is 0 Å². The maximum absolute atomic E-state index is 5.66. The zero-order valence-electron chi connectivity index (χ0n) is 9.07. The van der Waals surface area contributed by atoms with E-state index in [0.717, 1.165) is 11.6 Å². The van der Waals surface area contributed by atoms with Crippen molar-refractivity contribution in [3.8, 4) is 0 Å². The number of nitrogen functional groups attached to an aromatic ring is 1. The second kappa shape index (κ2) is 4.23. The van der Waals surface area contributed by atoms with Gasteiger partial charge >= 0.3 is 0 Å². The van der Waals surface area contributed by atoms with E-state index in [2.05, 4.69) is 15.4 Å². The van der Waals surface area contributed by atoms with Gasteiger partial charge in [-0.1, -0.05) is 13.8 Å². The molecule has 1 rings (SSSR count). The van der Waals surface area contributed by atoms with E-state index in [1.165, 1.54) is 0 Å². The molecule has 0 unspecified atom stereocenters. The average molecular weight is 195 g/mol. The Morgan fingerprint density at radius 1 is 1.36 bits per heavy atom. The topological polar surface area (TPSA) is 67.1 Å². The Hall–Kier alpha value is -1.36. The van der Waals surface area contributed by atoms with E-state index >= 15 is 0 Å². The van der Waals surface area contributed by atoms with Gasteiger partial charge in [-0.25, -0.2) is 15.0 Å². The highest BCUT2D eigenvalue weighted by Crippen LogP contribution is 2.14. The summed E-state index contributed by atoms with van der Waals surface area (Å²) in [5, 5.41) is 1.81. The molecule has 5 nitrogen and oxygen atoms in total. The lowest BCUT2D eigenvalue weighted by molar-refractivity contribution is 0.491. The van der Waals surface area contributed by atoms with Gasteiger partial charge in [0.25, 0.3) is 0 Å². The predicted molar refractivity (Wildman–Crippen MR) is 57.8 cm³/mol. The Labute approximate surface area is 84.3 Å². The molecular weight excluding hydrogens is 178 g/mol. The SMILES string of the molecule is CC(C)c1nc(N)cc(NN(C)C)n1. The first kappa shape index (κ1) is 10.7. The number of nitrogens with zero attached hydrogens (tertiary/aromatic N) is 3. The largest absolute Gasteiger partial charge is 0.384 e. The molecule has 0 aliphatic carbocycles. The Balaban J connectivity index is 2.95. The standard InChI is InChI=1S/C9H17N5/c1-6(2)9-11-7(10)5-8(12-9)13-14(3)4/h5-6H,1-4H3,(H3,10,11,12,13). The lowest BCUT2D eigenvalue weighted by Gasteiger charge is -2.14. The molecule has 0 radical (unpaired) electrons. The van der Waals surface area contributed by atoms with E-state index in [0.29, 0.717) is 5.82 Å². The molecule has 0 atom stereocenters. The molecule has 0 aromatic carbocycles. The summed E-state index contributed by atoms with van der Waals surface area (Å²) in [6, 6.07) is 1.71. The maximum atomic E-state index is 5.66. The van der Waals surface area contributed by atoms with Crippen LogP contribution in [0.25, 0.3) is 0 Å². The molecule has 0 bridgehead atoms. The van der Waals surface area contributed by atoms with Crippen molar-refractivity contribution in [2.24, 2.45) is 0 Å². The van der Waals surface area contributed by atoms with Gasteiger partial charge in [-0.05, 0) is 0 Å². The fourth-order valence-electron chi connectivity index (χ4n) is 1.03. The first-order chi connectivity index (χ1) is 6.49. The van der Waals surface area contributed by atoms with Gasteiger partial charge in [0.05, 0.1) is 0 Å². The molecule has 0 amide bonds. The van der Waals surface area contributed by atoms with Crippen molar-refractivity contribution in [2.75, 3.05) is 25.3 Å². The number of nitrogens with one attached hydrogen (secondary N) is 1. The molecule has 0 saturated heterocycles. The minimum absolute atomic E-state index is 0.279. The van der Waals surface area contributed by atoms with E-state index in [9.17, 15) is 0 Å². The summed E-state index contributed by atoms with van der Waals surface area (Å²) in [4.78, 5) is 8.48. The van der Waals surface area contributed by atoms with Crippen LogP contribution in [0.1, 0.15) is 25.6 Å². The van der Waals surface area contributed by atoms with E-state index < -0.39 is 0 Å². The first-order valence-corrected chi connectivity index (χ1v) is 4.57. The van der Waals surface area contributed by atoms with Gasteiger partial charge < -0.3 is 11.2 Å². The van der Waals surface area contributed by atoms with E-state index in [-0.39, 0.29) is 5.92 Å². The van der Waals surface area contributed by atoms with Crippen molar-refractivity contribution >= 4 is 11.6 Å². The van der Waals surface area contributed by atoms with Gasteiger partial charge in [0, 0.05) is 26.1 Å². The van der Waals surface area contributed by atoms with Crippen LogP contribution in [-0.4, -0.2) is 29.1 Å². The summed E-state index contributed by atoms with van der Waals surface area (Å²) in [7, 11) is 3.79. The Bertz CT molecular complexity index is 308. The summed E-state index contributed by atoms with van der Waals surface area (Å²) < 4.78 is 0. The van der Waals surface area contributed by atoms with Crippen LogP contribution in [0.3, 0.4) is 0 Å². The number of anilines is 2. The van der Waals surface area contributed by atoms with Crippen LogP contribution < -0.4 is 11.2 Å². The molecular formula is C9H17N5. The minimum Gasteiger partial charge on any atom is -0.384 e. The van der Waals surface area contributed by atoms with E-state index in [1.807, 2.05) is 33.0 Å². The molecule has 1 aromatic rings. The fraction of sp³-hybridized carbons (Fsp3) is 0.556. The lowest BCUT2D eigenvalue weighted by Crippen LogP contribution is -2.21. The molecule has 5 heteroatoms. The molecule has 1 heterocycles. The van der Waals surface area contributed by atoms with Crippen molar-refractivity contribution < 1.29 is 0 Å². The van der Waals surface area contributed by atoms with Gasteiger partial charge in [-0.3, -0.25) is 0 Å². The predicted octanol–water partition coefficient (Wildman–Crippen LogP) is 1.07.